The number of aliphatic hydroxyl groups is 2. The third kappa shape index (κ3) is 12.9. The summed E-state index contributed by atoms with van der Waals surface area (Å²) in [7, 11) is 2.13. The Morgan fingerprint density at radius 1 is 0.632 bits per heavy atom. The molecular formula is C38H46N8O8S3. The van der Waals surface area contributed by atoms with Crippen LogP contribution in [0.3, 0.4) is 0 Å². The number of methoxy groups -OCH3 is 2. The van der Waals surface area contributed by atoms with Crippen LogP contribution >= 0.6 is 22.7 Å². The van der Waals surface area contributed by atoms with E-state index in [1.54, 1.807) is 36.9 Å². The van der Waals surface area contributed by atoms with E-state index in [1.165, 1.54) is 0 Å². The van der Waals surface area contributed by atoms with Crippen molar-refractivity contribution in [2.24, 2.45) is 34.6 Å². The number of azo groups is 2. The van der Waals surface area contributed by atoms with E-state index in [4.69, 9.17) is 37.2 Å². The van der Waals surface area contributed by atoms with Crippen LogP contribution in [-0.2, 0) is 24.5 Å². The van der Waals surface area contributed by atoms with Gasteiger partial charge >= 0.3 is 10.3 Å². The number of hydrogen-bond acceptors (Lipinski definition) is 16. The number of rotatable bonds is 14. The van der Waals surface area contributed by atoms with Crippen LogP contribution in [0.15, 0.2) is 105 Å². The predicted molar refractivity (Wildman–Crippen MR) is 221 cm³/mol. The van der Waals surface area contributed by atoms with Gasteiger partial charge in [0, 0.05) is 60.1 Å². The lowest BCUT2D eigenvalue weighted by atomic mass is 10.2. The number of hydrogen-bond donors (Lipinski definition) is 2. The van der Waals surface area contributed by atoms with Crippen molar-refractivity contribution >= 4 is 86.5 Å². The quantitative estimate of drug-likeness (QED) is 0.0521. The van der Waals surface area contributed by atoms with Crippen molar-refractivity contribution in [1.29, 1.82) is 0 Å². The van der Waals surface area contributed by atoms with E-state index in [-0.39, 0.29) is 13.2 Å². The van der Waals surface area contributed by atoms with Gasteiger partial charge in [-0.15, -0.1) is 0 Å². The van der Waals surface area contributed by atoms with Gasteiger partial charge in [0.2, 0.25) is 0 Å². The summed E-state index contributed by atoms with van der Waals surface area (Å²) in [4.78, 5) is 4.22. The minimum absolute atomic E-state index is 0.141. The lowest BCUT2D eigenvalue weighted by molar-refractivity contribution is -0.628. The number of aliphatic hydroxyl groups excluding tert-OH is 2. The number of benzene rings is 4. The first kappa shape index (κ1) is 44.6. The first-order valence-electron chi connectivity index (χ1n) is 17.7. The van der Waals surface area contributed by atoms with E-state index in [9.17, 15) is 0 Å². The number of fused-ring (bicyclic) bond motifs is 2. The van der Waals surface area contributed by atoms with Crippen LogP contribution in [-0.4, -0.2) is 81.3 Å². The molecule has 2 aromatic heterocycles. The highest BCUT2D eigenvalue weighted by Crippen LogP contribution is 2.32. The van der Waals surface area contributed by atoms with Gasteiger partial charge in [-0.25, -0.2) is 9.13 Å². The maximum Gasteiger partial charge on any atom is 0.409 e. The second-order valence-electron chi connectivity index (χ2n) is 12.0. The van der Waals surface area contributed by atoms with E-state index in [1.807, 2.05) is 108 Å². The standard InChI is InChI=1S/2C19H23N4O2S.H2O4S/c2*1-4-23(11-12-24)15-7-5-14(6-8-15)20-21-19-22(2)17-10-9-16(25-3)13-18(17)26-19;1-5(2,3)4/h2*5-10,13,24H,4,11-12H2,1-3H3;(H2,1,2,3,4)/q2*+1;/p-2. The zero-order valence-electron chi connectivity index (χ0n) is 32.5. The monoisotopic (exact) mass is 838 g/mol. The molecule has 0 aliphatic rings. The number of likely N-dealkylation sites (N-methyl/N-ethyl adjacent to an activating group) is 2. The minimum atomic E-state index is -5.17. The number of aryl methyl sites for hydroxylation is 2. The topological polar surface area (TPSA) is 203 Å². The van der Waals surface area contributed by atoms with Crippen LogP contribution in [0.25, 0.3) is 20.4 Å². The summed E-state index contributed by atoms with van der Waals surface area (Å²) in [5, 5.41) is 37.5. The molecule has 0 spiro atoms. The van der Waals surface area contributed by atoms with E-state index >= 15 is 0 Å². The highest BCUT2D eigenvalue weighted by Gasteiger charge is 2.18. The highest BCUT2D eigenvalue weighted by atomic mass is 32.3. The van der Waals surface area contributed by atoms with Gasteiger partial charge in [0.15, 0.2) is 0 Å². The lowest BCUT2D eigenvalue weighted by Gasteiger charge is -2.21. The zero-order valence-corrected chi connectivity index (χ0v) is 34.9. The Bertz CT molecular complexity index is 2210. The predicted octanol–water partition coefficient (Wildman–Crippen LogP) is 6.60. The molecule has 0 aliphatic heterocycles. The van der Waals surface area contributed by atoms with Crippen LogP contribution in [0.2, 0.25) is 0 Å². The molecule has 2 heterocycles. The second-order valence-corrected chi connectivity index (χ2v) is 14.8. The van der Waals surface area contributed by atoms with Crippen LogP contribution < -0.4 is 28.4 Å². The van der Waals surface area contributed by atoms with Gasteiger partial charge in [0.05, 0.1) is 61.2 Å². The number of anilines is 2. The molecule has 0 aliphatic carbocycles. The Balaban J connectivity index is 0.000000226. The Hall–Kier alpha value is -5.15. The van der Waals surface area contributed by atoms with Gasteiger partial charge in [0.25, 0.3) is 0 Å². The fourth-order valence-corrected chi connectivity index (χ4v) is 7.51. The van der Waals surface area contributed by atoms with Crippen LogP contribution in [0.5, 0.6) is 11.5 Å². The average Bonchev–Trinajstić information content (AvgIpc) is 3.70. The van der Waals surface area contributed by atoms with Gasteiger partial charge < -0.3 is 38.6 Å². The number of nitrogens with zero attached hydrogens (tertiary/aromatic N) is 8. The minimum Gasteiger partial charge on any atom is -0.759 e. The molecule has 304 valence electrons. The van der Waals surface area contributed by atoms with E-state index in [0.717, 1.165) is 78.0 Å². The molecule has 4 aromatic carbocycles. The molecule has 16 nitrogen and oxygen atoms in total. The van der Waals surface area contributed by atoms with Gasteiger partial charge in [-0.05, 0) is 120 Å². The molecule has 0 saturated carbocycles. The number of ether oxygens (including phenoxy) is 2. The molecule has 19 heteroatoms. The van der Waals surface area contributed by atoms with Gasteiger partial charge in [-0.3, -0.25) is 8.42 Å². The van der Waals surface area contributed by atoms with Gasteiger partial charge in [-0.1, -0.05) is 0 Å². The van der Waals surface area contributed by atoms with Crippen molar-refractivity contribution in [3.63, 3.8) is 0 Å². The molecular weight excluding hydrogens is 793 g/mol. The maximum absolute atomic E-state index is 9.13. The van der Waals surface area contributed by atoms with Crippen LogP contribution in [0.1, 0.15) is 13.8 Å². The Morgan fingerprint density at radius 2 is 0.982 bits per heavy atom. The summed E-state index contributed by atoms with van der Waals surface area (Å²) in [6.45, 7) is 7.37. The normalized spacial score (nSPS) is 11.4. The van der Waals surface area contributed by atoms with Gasteiger partial charge in [0.1, 0.15) is 33.9 Å². The highest BCUT2D eigenvalue weighted by molar-refractivity contribution is 7.79. The summed E-state index contributed by atoms with van der Waals surface area (Å²) in [5.74, 6) is 1.67. The first-order chi connectivity index (χ1) is 27.3. The van der Waals surface area contributed by atoms with Crippen molar-refractivity contribution in [2.45, 2.75) is 13.8 Å². The molecule has 0 radical (unpaired) electrons. The Kier molecular flexibility index (Phi) is 16.7. The summed E-state index contributed by atoms with van der Waals surface area (Å²) in [6, 6.07) is 27.7. The first-order valence-corrected chi connectivity index (χ1v) is 20.6. The fourth-order valence-electron chi connectivity index (χ4n) is 5.52. The maximum atomic E-state index is 9.13. The molecule has 6 rings (SSSR count). The van der Waals surface area contributed by atoms with E-state index in [2.05, 4.69) is 44.1 Å². The summed E-state index contributed by atoms with van der Waals surface area (Å²) in [6.07, 6.45) is 0. The average molecular weight is 839 g/mol. The van der Waals surface area contributed by atoms with Crippen molar-refractivity contribution < 1.29 is 46.3 Å². The molecule has 57 heavy (non-hydrogen) atoms. The van der Waals surface area contributed by atoms with E-state index in [0.29, 0.717) is 13.1 Å². The largest absolute Gasteiger partial charge is 0.759 e. The molecule has 0 saturated heterocycles. The van der Waals surface area contributed by atoms with Gasteiger partial charge in [-0.2, -0.15) is 0 Å². The van der Waals surface area contributed by atoms with Crippen molar-refractivity contribution in [1.82, 2.24) is 0 Å². The Morgan fingerprint density at radius 3 is 1.28 bits per heavy atom. The second kappa shape index (κ2) is 21.4. The molecule has 0 fully saturated rings. The SMILES string of the molecule is CCN(CCO)c1ccc(N=Nc2sc3cc(OC)ccc3[n+]2C)cc1.CCN(CCO)c1ccc(N=Nc2sc3cc(OC)ccc3[n+]2C)cc1.O=S(=O)([O-])[O-]. The van der Waals surface area contributed by atoms with E-state index < -0.39 is 10.4 Å². The molecule has 6 aromatic rings. The van der Waals surface area contributed by atoms with Crippen molar-refractivity contribution in [3.8, 4) is 11.5 Å². The zero-order chi connectivity index (χ0) is 41.5. The van der Waals surface area contributed by atoms with Crippen molar-refractivity contribution in [2.75, 3.05) is 63.4 Å². The summed E-state index contributed by atoms with van der Waals surface area (Å²) < 4.78 is 50.9. The molecule has 0 atom stereocenters. The molecule has 0 amide bonds. The fraction of sp³-hybridized carbons (Fsp3) is 0.316. The van der Waals surface area contributed by atoms with Crippen LogP contribution in [0, 0.1) is 0 Å². The smallest absolute Gasteiger partial charge is 0.409 e. The summed E-state index contributed by atoms with van der Waals surface area (Å²) >= 11 is 3.15. The third-order valence-electron chi connectivity index (χ3n) is 8.47. The third-order valence-corrected chi connectivity index (χ3v) is 10.6. The number of aromatic nitrogens is 2. The molecule has 2 N–H and O–H groups in total. The van der Waals surface area contributed by atoms with Crippen molar-refractivity contribution in [3.05, 3.63) is 84.9 Å². The lowest BCUT2D eigenvalue weighted by Crippen LogP contribution is -2.25. The van der Waals surface area contributed by atoms with Crippen LogP contribution in [0.4, 0.5) is 33.0 Å². The molecule has 0 bridgehead atoms. The number of thiazole rings is 2. The summed E-state index contributed by atoms with van der Waals surface area (Å²) in [5.41, 5.74) is 5.93. The molecule has 0 unspecified atom stereocenters. The Labute approximate surface area is 339 Å².